The summed E-state index contributed by atoms with van der Waals surface area (Å²) < 4.78 is 9.89. The van der Waals surface area contributed by atoms with Gasteiger partial charge in [-0.2, -0.15) is 0 Å². The van der Waals surface area contributed by atoms with E-state index in [0.29, 0.717) is 11.3 Å². The van der Waals surface area contributed by atoms with Gasteiger partial charge in [0.15, 0.2) is 5.76 Å². The van der Waals surface area contributed by atoms with Crippen molar-refractivity contribution in [2.45, 2.75) is 13.0 Å². The fourth-order valence-corrected chi connectivity index (χ4v) is 3.42. The molecule has 0 bridgehead atoms. The third-order valence-corrected chi connectivity index (χ3v) is 4.93. The number of hydrogen-bond acceptors (Lipinski definition) is 5. The zero-order valence-corrected chi connectivity index (χ0v) is 17.3. The zero-order chi connectivity index (χ0) is 22.5. The summed E-state index contributed by atoms with van der Waals surface area (Å²) in [5.74, 6) is -1.03. The normalized spacial score (nSPS) is 10.7. The highest BCUT2D eigenvalue weighted by atomic mass is 16.5. The molecule has 0 unspecified atom stereocenters. The Balaban J connectivity index is 1.47. The summed E-state index contributed by atoms with van der Waals surface area (Å²) >= 11 is 0. The Kier molecular flexibility index (Phi) is 6.03. The third-order valence-electron chi connectivity index (χ3n) is 4.93. The summed E-state index contributed by atoms with van der Waals surface area (Å²) in [6.45, 7) is 0.176. The first-order valence-electron chi connectivity index (χ1n) is 9.92. The molecule has 0 saturated heterocycles. The van der Waals surface area contributed by atoms with Crippen LogP contribution in [0, 0.1) is 0 Å². The van der Waals surface area contributed by atoms with Crippen molar-refractivity contribution in [2.75, 3.05) is 12.4 Å². The van der Waals surface area contributed by atoms with Crippen LogP contribution in [0.5, 0.6) is 0 Å². The topological polar surface area (TPSA) is 113 Å². The Morgan fingerprint density at radius 1 is 1.06 bits per heavy atom. The van der Waals surface area contributed by atoms with Crippen LogP contribution in [0.25, 0.3) is 10.9 Å². The van der Waals surface area contributed by atoms with Gasteiger partial charge in [0.2, 0.25) is 5.91 Å². The standard InChI is InChI=1S/C24H21N3O5/c1-31-24(30)16-9-15(10-18(11-16)27-23(29)21-7-4-8-32-21)13-26-22(28)12-17-14-25-20-6-3-2-5-19(17)20/h2-11,14,25H,12-13H2,1H3,(H,26,28)(H,27,29). The predicted molar refractivity (Wildman–Crippen MR) is 118 cm³/mol. The van der Waals surface area contributed by atoms with Gasteiger partial charge in [0, 0.05) is 29.3 Å². The lowest BCUT2D eigenvalue weighted by Gasteiger charge is -2.11. The maximum absolute atomic E-state index is 12.5. The van der Waals surface area contributed by atoms with Crippen molar-refractivity contribution in [3.05, 3.63) is 89.5 Å². The maximum Gasteiger partial charge on any atom is 0.337 e. The maximum atomic E-state index is 12.5. The Hall–Kier alpha value is -4.33. The second-order valence-electron chi connectivity index (χ2n) is 7.15. The number of fused-ring (bicyclic) bond motifs is 1. The molecule has 8 nitrogen and oxygen atoms in total. The highest BCUT2D eigenvalue weighted by Gasteiger charge is 2.14. The lowest BCUT2D eigenvalue weighted by Crippen LogP contribution is -2.24. The minimum absolute atomic E-state index is 0.141. The van der Waals surface area contributed by atoms with Crippen molar-refractivity contribution in [3.63, 3.8) is 0 Å². The molecular weight excluding hydrogens is 410 g/mol. The quantitative estimate of drug-likeness (QED) is 0.387. The Morgan fingerprint density at radius 3 is 2.69 bits per heavy atom. The Labute approximate surface area is 183 Å². The number of esters is 1. The van der Waals surface area contributed by atoms with Gasteiger partial charge < -0.3 is 24.8 Å². The molecule has 0 radical (unpaired) electrons. The zero-order valence-electron chi connectivity index (χ0n) is 17.3. The summed E-state index contributed by atoms with van der Waals surface area (Å²) in [7, 11) is 1.28. The van der Waals surface area contributed by atoms with Gasteiger partial charge in [-0.3, -0.25) is 9.59 Å². The number of amides is 2. The number of aromatic amines is 1. The molecule has 0 saturated carbocycles. The molecule has 32 heavy (non-hydrogen) atoms. The summed E-state index contributed by atoms with van der Waals surface area (Å²) in [4.78, 5) is 40.0. The summed E-state index contributed by atoms with van der Waals surface area (Å²) in [5, 5.41) is 6.55. The molecule has 0 spiro atoms. The van der Waals surface area contributed by atoms with Crippen molar-refractivity contribution in [1.29, 1.82) is 0 Å². The van der Waals surface area contributed by atoms with E-state index >= 15 is 0 Å². The number of nitrogens with one attached hydrogen (secondary N) is 3. The first kappa shape index (κ1) is 20.9. The van der Waals surface area contributed by atoms with Gasteiger partial charge in [-0.15, -0.1) is 0 Å². The minimum Gasteiger partial charge on any atom is -0.465 e. The number of benzene rings is 2. The van der Waals surface area contributed by atoms with Crippen LogP contribution in [0.3, 0.4) is 0 Å². The van der Waals surface area contributed by atoms with E-state index in [1.54, 1.807) is 18.2 Å². The van der Waals surface area contributed by atoms with Gasteiger partial charge >= 0.3 is 5.97 Å². The number of methoxy groups -OCH3 is 1. The fraction of sp³-hybridized carbons (Fsp3) is 0.125. The van der Waals surface area contributed by atoms with E-state index in [2.05, 4.69) is 15.6 Å². The van der Waals surface area contributed by atoms with Gasteiger partial charge in [0.25, 0.3) is 5.91 Å². The SMILES string of the molecule is COC(=O)c1cc(CNC(=O)Cc2c[nH]c3ccccc23)cc(NC(=O)c2ccco2)c1. The van der Waals surface area contributed by atoms with Crippen LogP contribution >= 0.6 is 0 Å². The Bertz CT molecular complexity index is 1270. The number of furan rings is 1. The predicted octanol–water partition coefficient (Wildman–Crippen LogP) is 3.66. The number of H-pyrrole nitrogens is 1. The van der Waals surface area contributed by atoms with Crippen molar-refractivity contribution >= 4 is 34.4 Å². The van der Waals surface area contributed by atoms with E-state index in [0.717, 1.165) is 16.5 Å². The number of para-hydroxylation sites is 1. The lowest BCUT2D eigenvalue weighted by molar-refractivity contribution is -0.120. The van der Waals surface area contributed by atoms with Crippen LogP contribution < -0.4 is 10.6 Å². The van der Waals surface area contributed by atoms with Gasteiger partial charge in [0.1, 0.15) is 0 Å². The van der Waals surface area contributed by atoms with Crippen LogP contribution in [0.15, 0.2) is 71.5 Å². The van der Waals surface area contributed by atoms with Crippen LogP contribution in [0.4, 0.5) is 5.69 Å². The van der Waals surface area contributed by atoms with Gasteiger partial charge in [-0.05, 0) is 47.5 Å². The van der Waals surface area contributed by atoms with E-state index in [4.69, 9.17) is 9.15 Å². The summed E-state index contributed by atoms with van der Waals surface area (Å²) in [5.41, 5.74) is 3.14. The first-order chi connectivity index (χ1) is 15.5. The molecule has 2 aromatic heterocycles. The number of hydrogen-bond donors (Lipinski definition) is 3. The number of aromatic nitrogens is 1. The molecule has 0 aliphatic heterocycles. The van der Waals surface area contributed by atoms with Crippen LogP contribution in [0.1, 0.15) is 32.0 Å². The molecule has 0 aliphatic carbocycles. The average Bonchev–Trinajstić information content (AvgIpc) is 3.48. The van der Waals surface area contributed by atoms with Gasteiger partial charge in [0.05, 0.1) is 25.4 Å². The fourth-order valence-electron chi connectivity index (χ4n) is 3.42. The number of rotatable bonds is 7. The van der Waals surface area contributed by atoms with Crippen molar-refractivity contribution < 1.29 is 23.5 Å². The molecule has 8 heteroatoms. The second-order valence-corrected chi connectivity index (χ2v) is 7.15. The molecule has 2 amide bonds. The molecular formula is C24H21N3O5. The van der Waals surface area contributed by atoms with E-state index in [1.165, 1.54) is 25.5 Å². The molecule has 0 fully saturated rings. The number of anilines is 1. The molecule has 2 aromatic carbocycles. The lowest BCUT2D eigenvalue weighted by atomic mass is 10.1. The molecule has 162 valence electrons. The van der Waals surface area contributed by atoms with E-state index in [-0.39, 0.29) is 30.2 Å². The van der Waals surface area contributed by atoms with Crippen LogP contribution in [-0.2, 0) is 22.5 Å². The molecule has 4 rings (SSSR count). The molecule has 2 heterocycles. The summed E-state index contributed by atoms with van der Waals surface area (Å²) in [6.07, 6.45) is 3.43. The Morgan fingerprint density at radius 2 is 1.91 bits per heavy atom. The third kappa shape index (κ3) is 4.70. The molecule has 4 aromatic rings. The smallest absolute Gasteiger partial charge is 0.337 e. The van der Waals surface area contributed by atoms with E-state index in [9.17, 15) is 14.4 Å². The van der Waals surface area contributed by atoms with E-state index < -0.39 is 11.9 Å². The molecule has 0 atom stereocenters. The largest absolute Gasteiger partial charge is 0.465 e. The number of ether oxygens (including phenoxy) is 1. The van der Waals surface area contributed by atoms with Crippen molar-refractivity contribution in [2.24, 2.45) is 0 Å². The van der Waals surface area contributed by atoms with Crippen LogP contribution in [-0.4, -0.2) is 29.9 Å². The van der Waals surface area contributed by atoms with Crippen molar-refractivity contribution in [1.82, 2.24) is 10.3 Å². The first-order valence-corrected chi connectivity index (χ1v) is 9.92. The summed E-state index contributed by atoms with van der Waals surface area (Å²) in [6, 6.07) is 15.7. The molecule has 3 N–H and O–H groups in total. The number of carbonyl (C=O) groups is 3. The minimum atomic E-state index is -0.550. The second kappa shape index (κ2) is 9.22. The molecule has 0 aliphatic rings. The highest BCUT2D eigenvalue weighted by Crippen LogP contribution is 2.19. The van der Waals surface area contributed by atoms with Gasteiger partial charge in [-0.25, -0.2) is 4.79 Å². The van der Waals surface area contributed by atoms with Crippen LogP contribution in [0.2, 0.25) is 0 Å². The number of carbonyl (C=O) groups excluding carboxylic acids is 3. The van der Waals surface area contributed by atoms with Crippen molar-refractivity contribution in [3.8, 4) is 0 Å². The average molecular weight is 431 g/mol. The van der Waals surface area contributed by atoms with E-state index in [1.807, 2.05) is 30.5 Å². The monoisotopic (exact) mass is 431 g/mol. The van der Waals surface area contributed by atoms with Gasteiger partial charge in [-0.1, -0.05) is 18.2 Å². The highest BCUT2D eigenvalue weighted by molar-refractivity contribution is 6.03.